The average Bonchev–Trinajstić information content (AvgIpc) is 3.15. The van der Waals surface area contributed by atoms with Crippen LogP contribution in [0.5, 0.6) is 0 Å². The molecule has 2 aromatic carbocycles. The first-order valence-electron chi connectivity index (χ1n) is 8.69. The molecule has 2 heterocycles. The SMILES string of the molecule is O=C(CCl)N(Cc1ccc2ccccc2c1F)C1CCn2ccnc2C1. The molecule has 1 aliphatic heterocycles. The number of fused-ring (bicyclic) bond motifs is 2. The van der Waals surface area contributed by atoms with Gasteiger partial charge >= 0.3 is 0 Å². The van der Waals surface area contributed by atoms with Crippen LogP contribution in [0, 0.1) is 5.82 Å². The second kappa shape index (κ2) is 7.08. The van der Waals surface area contributed by atoms with E-state index in [1.165, 1.54) is 0 Å². The first-order valence-corrected chi connectivity index (χ1v) is 9.22. The Balaban J connectivity index is 1.64. The van der Waals surface area contributed by atoms with Crippen molar-refractivity contribution < 1.29 is 9.18 Å². The maximum absolute atomic E-state index is 15.0. The van der Waals surface area contributed by atoms with E-state index >= 15 is 0 Å². The zero-order valence-corrected chi connectivity index (χ0v) is 15.0. The number of aryl methyl sites for hydroxylation is 1. The number of hydrogen-bond donors (Lipinski definition) is 0. The molecule has 4 nitrogen and oxygen atoms in total. The van der Waals surface area contributed by atoms with E-state index in [0.717, 1.165) is 24.2 Å². The first kappa shape index (κ1) is 17.0. The summed E-state index contributed by atoms with van der Waals surface area (Å²) >= 11 is 5.84. The summed E-state index contributed by atoms with van der Waals surface area (Å²) in [4.78, 5) is 18.5. The number of imidazole rings is 1. The Hall–Kier alpha value is -2.40. The van der Waals surface area contributed by atoms with Crippen LogP contribution in [0.1, 0.15) is 17.8 Å². The van der Waals surface area contributed by atoms with E-state index in [-0.39, 0.29) is 30.2 Å². The third-order valence-corrected chi connectivity index (χ3v) is 5.31. The van der Waals surface area contributed by atoms with Crippen LogP contribution in [0.15, 0.2) is 48.8 Å². The molecule has 0 aliphatic carbocycles. The van der Waals surface area contributed by atoms with Gasteiger partial charge in [-0.15, -0.1) is 11.6 Å². The minimum absolute atomic E-state index is 0.0259. The van der Waals surface area contributed by atoms with Crippen molar-refractivity contribution in [3.63, 3.8) is 0 Å². The lowest BCUT2D eigenvalue weighted by Gasteiger charge is -2.34. The number of amides is 1. The van der Waals surface area contributed by atoms with Gasteiger partial charge in [0.05, 0.1) is 0 Å². The average molecular weight is 372 g/mol. The zero-order chi connectivity index (χ0) is 18.1. The normalized spacial score (nSPS) is 16.5. The molecule has 1 aliphatic rings. The molecule has 1 aromatic heterocycles. The van der Waals surface area contributed by atoms with E-state index in [9.17, 15) is 9.18 Å². The van der Waals surface area contributed by atoms with Crippen LogP contribution >= 0.6 is 11.6 Å². The van der Waals surface area contributed by atoms with E-state index in [0.29, 0.717) is 17.4 Å². The Morgan fingerprint density at radius 1 is 1.31 bits per heavy atom. The molecule has 0 bridgehead atoms. The van der Waals surface area contributed by atoms with Crippen molar-refractivity contribution in [1.82, 2.24) is 14.5 Å². The molecule has 0 saturated carbocycles. The Morgan fingerprint density at radius 2 is 2.15 bits per heavy atom. The number of alkyl halides is 1. The second-order valence-corrected chi connectivity index (χ2v) is 6.87. The van der Waals surface area contributed by atoms with Crippen molar-refractivity contribution >= 4 is 28.3 Å². The molecule has 26 heavy (non-hydrogen) atoms. The highest BCUT2D eigenvalue weighted by molar-refractivity contribution is 6.27. The molecule has 0 radical (unpaired) electrons. The maximum atomic E-state index is 15.0. The van der Waals surface area contributed by atoms with Gasteiger partial charge in [0.25, 0.3) is 0 Å². The van der Waals surface area contributed by atoms with Gasteiger partial charge in [0.15, 0.2) is 0 Å². The van der Waals surface area contributed by atoms with Crippen LogP contribution < -0.4 is 0 Å². The molecule has 1 atom stereocenters. The summed E-state index contributed by atoms with van der Waals surface area (Å²) in [6, 6.07) is 11.0. The van der Waals surface area contributed by atoms with Gasteiger partial charge in [0, 0.05) is 48.9 Å². The molecule has 0 spiro atoms. The van der Waals surface area contributed by atoms with E-state index in [4.69, 9.17) is 11.6 Å². The summed E-state index contributed by atoms with van der Waals surface area (Å²) in [6.45, 7) is 1.01. The predicted molar refractivity (Wildman–Crippen MR) is 99.5 cm³/mol. The molecular weight excluding hydrogens is 353 g/mol. The fourth-order valence-electron chi connectivity index (χ4n) is 3.68. The van der Waals surface area contributed by atoms with Crippen LogP contribution in [-0.2, 0) is 24.3 Å². The van der Waals surface area contributed by atoms with Crippen LogP contribution in [0.2, 0.25) is 0 Å². The van der Waals surface area contributed by atoms with E-state index in [1.54, 1.807) is 23.2 Å². The second-order valence-electron chi connectivity index (χ2n) is 6.60. The van der Waals surface area contributed by atoms with E-state index < -0.39 is 0 Å². The third kappa shape index (κ3) is 3.07. The number of rotatable bonds is 4. The Morgan fingerprint density at radius 3 is 3.00 bits per heavy atom. The van der Waals surface area contributed by atoms with Gasteiger partial charge in [-0.1, -0.05) is 36.4 Å². The number of nitrogens with zero attached hydrogens (tertiary/aromatic N) is 3. The minimum atomic E-state index is -0.271. The number of aromatic nitrogens is 2. The molecule has 1 amide bonds. The van der Waals surface area contributed by atoms with Crippen LogP contribution in [0.25, 0.3) is 10.8 Å². The molecule has 1 unspecified atom stereocenters. The van der Waals surface area contributed by atoms with Crippen molar-refractivity contribution in [2.45, 2.75) is 32.0 Å². The Bertz CT molecular complexity index is 955. The Labute approximate surface area is 156 Å². The molecule has 134 valence electrons. The first-order chi connectivity index (χ1) is 12.7. The van der Waals surface area contributed by atoms with Crippen molar-refractivity contribution in [3.8, 4) is 0 Å². The Kier molecular flexibility index (Phi) is 4.64. The quantitative estimate of drug-likeness (QED) is 0.655. The van der Waals surface area contributed by atoms with Crippen molar-refractivity contribution in [1.29, 1.82) is 0 Å². The molecular formula is C20H19ClFN3O. The summed E-state index contributed by atoms with van der Waals surface area (Å²) < 4.78 is 17.1. The van der Waals surface area contributed by atoms with Gasteiger partial charge < -0.3 is 9.47 Å². The molecule has 0 fully saturated rings. The smallest absolute Gasteiger partial charge is 0.238 e. The largest absolute Gasteiger partial charge is 0.335 e. The van der Waals surface area contributed by atoms with Crippen LogP contribution in [-0.4, -0.2) is 32.3 Å². The summed E-state index contributed by atoms with van der Waals surface area (Å²) in [5.41, 5.74) is 0.510. The lowest BCUT2D eigenvalue weighted by Crippen LogP contribution is -2.44. The molecule has 3 aromatic rings. The van der Waals surface area contributed by atoms with Crippen LogP contribution in [0.4, 0.5) is 4.39 Å². The fourth-order valence-corrected chi connectivity index (χ4v) is 3.84. The number of halogens is 2. The highest BCUT2D eigenvalue weighted by Gasteiger charge is 2.28. The molecule has 0 N–H and O–H groups in total. The van der Waals surface area contributed by atoms with Gasteiger partial charge in [-0.3, -0.25) is 4.79 Å². The zero-order valence-electron chi connectivity index (χ0n) is 14.2. The predicted octanol–water partition coefficient (Wildman–Crippen LogP) is 3.76. The molecule has 4 rings (SSSR count). The van der Waals surface area contributed by atoms with Crippen LogP contribution in [0.3, 0.4) is 0 Å². The number of hydrogen-bond acceptors (Lipinski definition) is 2. The summed E-state index contributed by atoms with van der Waals surface area (Å²) in [6.07, 6.45) is 5.18. The van der Waals surface area contributed by atoms with Gasteiger partial charge in [0.1, 0.15) is 17.5 Å². The standard InChI is InChI=1S/C20H19ClFN3O/c21-12-19(26)25(16-7-9-24-10-8-23-18(24)11-16)13-15-6-5-14-3-1-2-4-17(14)20(15)22/h1-6,8,10,16H,7,9,11-13H2. The van der Waals surface area contributed by atoms with E-state index in [1.807, 2.05) is 30.5 Å². The molecule has 0 saturated heterocycles. The number of carbonyl (C=O) groups excluding carboxylic acids is 1. The fraction of sp³-hybridized carbons (Fsp3) is 0.300. The highest BCUT2D eigenvalue weighted by atomic mass is 35.5. The minimum Gasteiger partial charge on any atom is -0.335 e. The van der Waals surface area contributed by atoms with Gasteiger partial charge in [0.2, 0.25) is 5.91 Å². The van der Waals surface area contributed by atoms with Crippen molar-refractivity contribution in [2.75, 3.05) is 5.88 Å². The number of benzene rings is 2. The van der Waals surface area contributed by atoms with Gasteiger partial charge in [-0.05, 0) is 11.8 Å². The number of carbonyl (C=O) groups is 1. The summed E-state index contributed by atoms with van der Waals surface area (Å²) in [5.74, 6) is 0.393. The monoisotopic (exact) mass is 371 g/mol. The van der Waals surface area contributed by atoms with Crippen molar-refractivity contribution in [3.05, 3.63) is 66.0 Å². The topological polar surface area (TPSA) is 38.1 Å². The third-order valence-electron chi connectivity index (χ3n) is 5.08. The van der Waals surface area contributed by atoms with Crippen molar-refractivity contribution in [2.24, 2.45) is 0 Å². The maximum Gasteiger partial charge on any atom is 0.238 e. The van der Waals surface area contributed by atoms with E-state index in [2.05, 4.69) is 9.55 Å². The highest BCUT2D eigenvalue weighted by Crippen LogP contribution is 2.25. The van der Waals surface area contributed by atoms with Gasteiger partial charge in [-0.2, -0.15) is 0 Å². The summed E-state index contributed by atoms with van der Waals surface area (Å²) in [5, 5.41) is 1.42. The lowest BCUT2D eigenvalue weighted by atomic mass is 10.0. The van der Waals surface area contributed by atoms with Gasteiger partial charge in [-0.25, -0.2) is 9.37 Å². The summed E-state index contributed by atoms with van der Waals surface area (Å²) in [7, 11) is 0. The lowest BCUT2D eigenvalue weighted by molar-refractivity contribution is -0.132. The molecule has 6 heteroatoms.